The predicted octanol–water partition coefficient (Wildman–Crippen LogP) is 28.2. The summed E-state index contributed by atoms with van der Waals surface area (Å²) in [6.07, 6.45) is 0. The van der Waals surface area contributed by atoms with Crippen LogP contribution in [0.5, 0.6) is 0 Å². The van der Waals surface area contributed by atoms with Crippen molar-refractivity contribution in [3.8, 4) is 28.4 Å². The van der Waals surface area contributed by atoms with Crippen molar-refractivity contribution in [1.29, 1.82) is 0 Å². The van der Waals surface area contributed by atoms with Crippen molar-refractivity contribution >= 4 is 120 Å². The molecule has 0 aliphatic carbocycles. The number of rotatable bonds is 5. The number of para-hydroxylation sites is 4. The highest BCUT2D eigenvalue weighted by atomic mass is 15.0. The summed E-state index contributed by atoms with van der Waals surface area (Å²) in [5, 5.41) is 15.8. The van der Waals surface area contributed by atoms with E-state index < -0.39 is 0 Å². The highest BCUT2D eigenvalue weighted by molar-refractivity contribution is 6.14. The maximum atomic E-state index is 2.41. The van der Waals surface area contributed by atoms with Crippen molar-refractivity contribution < 1.29 is 0 Å². The second-order valence-corrected chi connectivity index (χ2v) is 29.7. The largest absolute Gasteiger partial charge is 0.309 e. The van der Waals surface area contributed by atoms with Gasteiger partial charge < -0.3 is 22.8 Å². The molecule has 0 aliphatic rings. The quantitative estimate of drug-likeness (QED) is 0.164. The summed E-state index contributed by atoms with van der Waals surface area (Å²) in [6.45, 7) is 21.5. The van der Waals surface area contributed by atoms with Crippen LogP contribution in [-0.4, -0.2) is 22.8 Å². The summed E-state index contributed by atoms with van der Waals surface area (Å²) < 4.78 is 11.8. The Hall–Kier alpha value is -13.2. The van der Waals surface area contributed by atoms with Gasteiger partial charge in [0.15, 0.2) is 0 Å². The molecule has 21 aromatic rings. The summed E-state index contributed by atoms with van der Waals surface area (Å²) >= 11 is 0. The van der Waals surface area contributed by atoms with Crippen molar-refractivity contribution in [2.24, 2.45) is 0 Å². The van der Waals surface area contributed by atoms with E-state index >= 15 is 0 Å². The van der Waals surface area contributed by atoms with Gasteiger partial charge in [0.2, 0.25) is 0 Å². The second kappa shape index (κ2) is 28.9. The highest BCUT2D eigenvalue weighted by Crippen LogP contribution is 2.40. The molecule has 0 saturated heterocycles. The molecule has 0 unspecified atom stereocenters. The zero-order valence-corrected chi connectivity index (χ0v) is 63.6. The van der Waals surface area contributed by atoms with Gasteiger partial charge in [-0.25, -0.2) is 0 Å². The molecule has 5 heteroatoms. The van der Waals surface area contributed by atoms with Crippen LogP contribution in [0.25, 0.3) is 148 Å². The van der Waals surface area contributed by atoms with E-state index in [1.54, 1.807) is 0 Å². The maximum absolute atomic E-state index is 2.41. The monoisotopic (exact) mass is 1410 g/mol. The summed E-state index contributed by atoms with van der Waals surface area (Å²) in [5.41, 5.74) is 31.8. The molecule has 109 heavy (non-hydrogen) atoms. The van der Waals surface area contributed by atoms with E-state index in [2.05, 4.69) is 438 Å². The van der Waals surface area contributed by atoms with Crippen molar-refractivity contribution in [3.63, 3.8) is 0 Å². The van der Waals surface area contributed by atoms with Crippen LogP contribution in [0.2, 0.25) is 0 Å². The third kappa shape index (κ3) is 13.1. The topological polar surface area (TPSA) is 24.6 Å². The van der Waals surface area contributed by atoms with Crippen LogP contribution in [0.15, 0.2) is 346 Å². The Kier molecular flexibility index (Phi) is 18.3. The van der Waals surface area contributed by atoms with Gasteiger partial charge >= 0.3 is 0 Å². The lowest BCUT2D eigenvalue weighted by Crippen LogP contribution is -1.95. The van der Waals surface area contributed by atoms with Gasteiger partial charge in [0.05, 0.1) is 60.9 Å². The highest BCUT2D eigenvalue weighted by Gasteiger charge is 2.19. The summed E-state index contributed by atoms with van der Waals surface area (Å²) in [7, 11) is 0. The Balaban J connectivity index is 0.0000000997. The molecule has 0 spiro atoms. The van der Waals surface area contributed by atoms with E-state index in [1.807, 2.05) is 0 Å². The Morgan fingerprint density at radius 2 is 0.376 bits per heavy atom. The molecule has 0 amide bonds. The van der Waals surface area contributed by atoms with E-state index in [-0.39, 0.29) is 0 Å². The summed E-state index contributed by atoms with van der Waals surface area (Å²) in [4.78, 5) is 0. The van der Waals surface area contributed by atoms with Crippen LogP contribution in [0.1, 0.15) is 55.6 Å². The van der Waals surface area contributed by atoms with E-state index in [1.165, 1.54) is 204 Å². The van der Waals surface area contributed by atoms with E-state index in [9.17, 15) is 0 Å². The fourth-order valence-electron chi connectivity index (χ4n) is 16.2. The molecule has 0 aliphatic heterocycles. The van der Waals surface area contributed by atoms with Crippen LogP contribution in [0.3, 0.4) is 0 Å². The van der Waals surface area contributed by atoms with Gasteiger partial charge in [-0.3, -0.25) is 0 Å². The molecule has 528 valence electrons. The van der Waals surface area contributed by atoms with Crippen LogP contribution in [0.4, 0.5) is 0 Å². The first-order chi connectivity index (χ1) is 53.2. The minimum absolute atomic E-state index is 1.21. The maximum Gasteiger partial charge on any atom is 0.0543 e. The molecule has 5 aromatic heterocycles. The number of aromatic nitrogens is 5. The van der Waals surface area contributed by atoms with Gasteiger partial charge in [0.25, 0.3) is 0 Å². The first-order valence-electron chi connectivity index (χ1n) is 37.9. The van der Waals surface area contributed by atoms with Gasteiger partial charge in [-0.1, -0.05) is 239 Å². The van der Waals surface area contributed by atoms with Crippen molar-refractivity contribution in [2.45, 2.75) is 69.2 Å². The Bertz CT molecular complexity index is 6810. The number of hydrogen-bond donors (Lipinski definition) is 0. The minimum atomic E-state index is 1.21. The smallest absolute Gasteiger partial charge is 0.0543 e. The Morgan fingerprint density at radius 3 is 0.761 bits per heavy atom. The van der Waals surface area contributed by atoms with Crippen LogP contribution in [-0.2, 0) is 0 Å². The summed E-state index contributed by atoms with van der Waals surface area (Å²) in [5.74, 6) is 0. The first-order valence-corrected chi connectivity index (χ1v) is 37.9. The van der Waals surface area contributed by atoms with Crippen LogP contribution >= 0.6 is 0 Å². The minimum Gasteiger partial charge on any atom is -0.309 e. The lowest BCUT2D eigenvalue weighted by atomic mass is 10.1. The van der Waals surface area contributed by atoms with Crippen molar-refractivity contribution in [1.82, 2.24) is 22.8 Å². The molecule has 0 saturated carbocycles. The number of nitrogens with zero attached hydrogens (tertiary/aromatic N) is 5. The molecular formula is C104H87N5. The van der Waals surface area contributed by atoms with Gasteiger partial charge in [-0.2, -0.15) is 0 Å². The number of aryl methyl sites for hydroxylation is 10. The Labute approximate surface area is 637 Å². The second-order valence-electron chi connectivity index (χ2n) is 29.7. The molecule has 0 bridgehead atoms. The molecule has 0 atom stereocenters. The number of hydrogen-bond acceptors (Lipinski definition) is 0. The third-order valence-corrected chi connectivity index (χ3v) is 21.5. The zero-order valence-electron chi connectivity index (χ0n) is 63.6. The Morgan fingerprint density at radius 1 is 0.138 bits per heavy atom. The zero-order chi connectivity index (χ0) is 74.6. The average Bonchev–Trinajstić information content (AvgIpc) is 1.59. The van der Waals surface area contributed by atoms with Gasteiger partial charge in [-0.05, 0) is 237 Å². The number of benzene rings is 16. The molecule has 5 heterocycles. The molecular weight excluding hydrogens is 1320 g/mol. The standard InChI is InChI=1S/C24H19N.4C20H17N/c1-16-10-12-23-20(14-16)21-15-17(2)11-13-24(21)25(23)22-9-5-7-18-6-3-4-8-19(18)22;1-14-7-10-16(11-8-14)21-19-6-4-3-5-17(19)18-13-15(2)9-12-20(18)21;1-14-7-10-16(11-8-14)21-19-6-4-3-5-17(19)18-12-9-15(2)13-20(18)21;1-14-8-10-19-17(12-14)18-13-15(2)9-11-20(18)21(19)16-6-4-3-5-7-16;1-14-8-10-17-18-11-9-15(2)13-20(18)21(19(17)12-14)16-6-4-3-5-7-16/h3-15H,1-2H3;4*3-13H,1-2H3. The van der Waals surface area contributed by atoms with Gasteiger partial charge in [-0.15, -0.1) is 0 Å². The summed E-state index contributed by atoms with van der Waals surface area (Å²) in [6, 6.07) is 125. The molecule has 21 rings (SSSR count). The average molecular weight is 1410 g/mol. The lowest BCUT2D eigenvalue weighted by molar-refractivity contribution is 1.17. The van der Waals surface area contributed by atoms with Gasteiger partial charge in [0.1, 0.15) is 0 Å². The molecule has 0 radical (unpaired) electrons. The third-order valence-electron chi connectivity index (χ3n) is 21.5. The van der Waals surface area contributed by atoms with Crippen molar-refractivity contribution in [2.75, 3.05) is 0 Å². The predicted molar refractivity (Wildman–Crippen MR) is 469 cm³/mol. The fraction of sp³-hybridized carbons (Fsp3) is 0.0962. The van der Waals surface area contributed by atoms with Gasteiger partial charge in [0, 0.05) is 82.0 Å². The number of fused-ring (bicyclic) bond motifs is 16. The molecule has 5 nitrogen and oxygen atoms in total. The SMILES string of the molecule is Cc1ccc(-n2c3ccccc3c3cc(C)ccc32)cc1.Cc1ccc(-n2c3ccccc3c3ccc(C)cc32)cc1.Cc1ccc2c(c1)c1cc(C)ccc1n2-c1cccc2ccccc12.Cc1ccc2c(c1)c1cc(C)ccc1n2-c1ccccc1.Cc1ccc2c3ccc(C)cc3n(-c3ccccc3)c2c1. The molecule has 0 fully saturated rings. The van der Waals surface area contributed by atoms with Crippen LogP contribution in [0, 0.1) is 69.2 Å². The van der Waals surface area contributed by atoms with E-state index in [0.717, 1.165) is 0 Å². The molecule has 0 N–H and O–H groups in total. The normalized spacial score (nSPS) is 11.4. The fourth-order valence-corrected chi connectivity index (χ4v) is 16.2. The molecule has 16 aromatic carbocycles. The van der Waals surface area contributed by atoms with E-state index in [4.69, 9.17) is 0 Å². The first kappa shape index (κ1) is 68.9. The lowest BCUT2D eigenvalue weighted by Gasteiger charge is -2.11. The van der Waals surface area contributed by atoms with Crippen LogP contribution < -0.4 is 0 Å². The van der Waals surface area contributed by atoms with Crippen molar-refractivity contribution in [3.05, 3.63) is 401 Å². The van der Waals surface area contributed by atoms with E-state index in [0.29, 0.717) is 0 Å².